The fourth-order valence-electron chi connectivity index (χ4n) is 1.38. The van der Waals surface area contributed by atoms with Gasteiger partial charge < -0.3 is 10.5 Å². The molecule has 15 heavy (non-hydrogen) atoms. The molecule has 5 heteroatoms. The summed E-state index contributed by atoms with van der Waals surface area (Å²) < 4.78 is 5.91. The van der Waals surface area contributed by atoms with Gasteiger partial charge in [-0.05, 0) is 12.5 Å². The molecule has 0 saturated heterocycles. The lowest BCUT2D eigenvalue weighted by Crippen LogP contribution is -2.29. The van der Waals surface area contributed by atoms with E-state index in [1.807, 2.05) is 0 Å². The highest BCUT2D eigenvalue weighted by Crippen LogP contribution is 2.11. The SMILES string of the molecule is CCC(C(=O)OC)n1cc(N)ccc1=O. The van der Waals surface area contributed by atoms with Crippen LogP contribution in [-0.2, 0) is 9.53 Å². The molecule has 1 unspecified atom stereocenters. The number of aromatic nitrogens is 1. The monoisotopic (exact) mass is 210 g/mol. The van der Waals surface area contributed by atoms with E-state index in [1.54, 1.807) is 6.92 Å². The summed E-state index contributed by atoms with van der Waals surface area (Å²) in [4.78, 5) is 22.9. The molecule has 82 valence electrons. The number of nitrogen functional groups attached to an aromatic ring is 1. The van der Waals surface area contributed by atoms with Gasteiger partial charge in [0.25, 0.3) is 5.56 Å². The van der Waals surface area contributed by atoms with E-state index >= 15 is 0 Å². The van der Waals surface area contributed by atoms with Crippen molar-refractivity contribution in [3.05, 3.63) is 28.7 Å². The number of carbonyl (C=O) groups excluding carboxylic acids is 1. The van der Waals surface area contributed by atoms with Gasteiger partial charge >= 0.3 is 5.97 Å². The maximum atomic E-state index is 11.5. The zero-order valence-electron chi connectivity index (χ0n) is 8.77. The largest absolute Gasteiger partial charge is 0.467 e. The fourth-order valence-corrected chi connectivity index (χ4v) is 1.38. The molecule has 1 atom stereocenters. The van der Waals surface area contributed by atoms with Crippen molar-refractivity contribution in [3.63, 3.8) is 0 Å². The standard InChI is InChI=1S/C10H14N2O3/c1-3-8(10(14)15-2)12-6-7(11)4-5-9(12)13/h4-6,8H,3,11H2,1-2H3. The van der Waals surface area contributed by atoms with Crippen LogP contribution in [0, 0.1) is 0 Å². The minimum absolute atomic E-state index is 0.263. The predicted octanol–water partition coefficient (Wildman–Crippen LogP) is 0.555. The average molecular weight is 210 g/mol. The lowest BCUT2D eigenvalue weighted by molar-refractivity contribution is -0.144. The number of rotatable bonds is 3. The van der Waals surface area contributed by atoms with Crippen molar-refractivity contribution in [2.45, 2.75) is 19.4 Å². The first-order chi connectivity index (χ1) is 7.10. The van der Waals surface area contributed by atoms with Crippen molar-refractivity contribution in [3.8, 4) is 0 Å². The zero-order valence-corrected chi connectivity index (χ0v) is 8.77. The van der Waals surface area contributed by atoms with Gasteiger partial charge in [-0.1, -0.05) is 6.92 Å². The number of nitrogens with zero attached hydrogens (tertiary/aromatic N) is 1. The Hall–Kier alpha value is -1.78. The van der Waals surface area contributed by atoms with E-state index in [4.69, 9.17) is 5.73 Å². The van der Waals surface area contributed by atoms with Crippen LogP contribution >= 0.6 is 0 Å². The van der Waals surface area contributed by atoms with Gasteiger partial charge in [0.05, 0.1) is 7.11 Å². The molecule has 0 radical (unpaired) electrons. The number of methoxy groups -OCH3 is 1. The van der Waals surface area contributed by atoms with E-state index in [2.05, 4.69) is 4.74 Å². The molecule has 1 aromatic rings. The molecule has 0 aliphatic heterocycles. The molecule has 0 saturated carbocycles. The summed E-state index contributed by atoms with van der Waals surface area (Å²) in [6, 6.07) is 2.23. The third-order valence-corrected chi connectivity index (χ3v) is 2.16. The number of hydrogen-bond acceptors (Lipinski definition) is 4. The van der Waals surface area contributed by atoms with E-state index in [9.17, 15) is 9.59 Å². The summed E-state index contributed by atoms with van der Waals surface area (Å²) in [5, 5.41) is 0. The Morgan fingerprint density at radius 1 is 1.60 bits per heavy atom. The number of anilines is 1. The normalized spacial score (nSPS) is 12.1. The van der Waals surface area contributed by atoms with Gasteiger partial charge in [0.2, 0.25) is 0 Å². The van der Waals surface area contributed by atoms with Crippen LogP contribution in [-0.4, -0.2) is 17.6 Å². The number of hydrogen-bond donors (Lipinski definition) is 1. The van der Waals surface area contributed by atoms with Gasteiger partial charge in [-0.15, -0.1) is 0 Å². The van der Waals surface area contributed by atoms with Crippen LogP contribution in [0.25, 0.3) is 0 Å². The van der Waals surface area contributed by atoms with Gasteiger partial charge in [0.15, 0.2) is 0 Å². The quantitative estimate of drug-likeness (QED) is 0.739. The molecule has 0 aromatic carbocycles. The number of carbonyl (C=O) groups is 1. The van der Waals surface area contributed by atoms with Crippen LogP contribution in [0.4, 0.5) is 5.69 Å². The minimum Gasteiger partial charge on any atom is -0.467 e. The molecule has 1 aromatic heterocycles. The van der Waals surface area contributed by atoms with Crippen LogP contribution in [0.3, 0.4) is 0 Å². The number of pyridine rings is 1. The van der Waals surface area contributed by atoms with Crippen LogP contribution in [0.5, 0.6) is 0 Å². The molecule has 5 nitrogen and oxygen atoms in total. The first-order valence-corrected chi connectivity index (χ1v) is 4.65. The smallest absolute Gasteiger partial charge is 0.328 e. The topological polar surface area (TPSA) is 74.3 Å². The third kappa shape index (κ3) is 2.37. The molecule has 1 rings (SSSR count). The van der Waals surface area contributed by atoms with Crippen LogP contribution in [0.15, 0.2) is 23.1 Å². The third-order valence-electron chi connectivity index (χ3n) is 2.16. The number of nitrogens with two attached hydrogens (primary N) is 1. The zero-order chi connectivity index (χ0) is 11.4. The number of esters is 1. The van der Waals surface area contributed by atoms with E-state index in [1.165, 1.54) is 30.0 Å². The maximum absolute atomic E-state index is 11.5. The Kier molecular flexibility index (Phi) is 3.49. The van der Waals surface area contributed by atoms with Gasteiger partial charge in [-0.25, -0.2) is 4.79 Å². The molecule has 0 aliphatic rings. The molecule has 0 aliphatic carbocycles. The Morgan fingerprint density at radius 2 is 2.27 bits per heavy atom. The Morgan fingerprint density at radius 3 is 2.80 bits per heavy atom. The first kappa shape index (κ1) is 11.3. The second kappa shape index (κ2) is 4.63. The van der Waals surface area contributed by atoms with E-state index in [0.29, 0.717) is 12.1 Å². The Labute approximate surface area is 87.5 Å². The summed E-state index contributed by atoms with van der Waals surface area (Å²) in [6.07, 6.45) is 1.93. The molecule has 0 amide bonds. The van der Waals surface area contributed by atoms with Gasteiger partial charge in [-0.2, -0.15) is 0 Å². The molecular formula is C10H14N2O3. The molecular weight excluding hydrogens is 196 g/mol. The van der Waals surface area contributed by atoms with Crippen LogP contribution in [0.2, 0.25) is 0 Å². The molecule has 0 bridgehead atoms. The van der Waals surface area contributed by atoms with E-state index < -0.39 is 12.0 Å². The Bertz CT molecular complexity index is 411. The first-order valence-electron chi connectivity index (χ1n) is 4.65. The Balaban J connectivity index is 3.17. The highest BCUT2D eigenvalue weighted by atomic mass is 16.5. The van der Waals surface area contributed by atoms with Crippen LogP contribution in [0.1, 0.15) is 19.4 Å². The van der Waals surface area contributed by atoms with Crippen LogP contribution < -0.4 is 11.3 Å². The second-order valence-corrected chi connectivity index (χ2v) is 3.16. The summed E-state index contributed by atoms with van der Waals surface area (Å²) in [7, 11) is 1.29. The summed E-state index contributed by atoms with van der Waals surface area (Å²) in [6.45, 7) is 1.80. The highest BCUT2D eigenvalue weighted by molar-refractivity contribution is 5.74. The lowest BCUT2D eigenvalue weighted by atomic mass is 10.2. The molecule has 1 heterocycles. The van der Waals surface area contributed by atoms with Gasteiger partial charge in [-0.3, -0.25) is 9.36 Å². The predicted molar refractivity (Wildman–Crippen MR) is 56.5 cm³/mol. The van der Waals surface area contributed by atoms with E-state index in [0.717, 1.165) is 0 Å². The second-order valence-electron chi connectivity index (χ2n) is 3.16. The average Bonchev–Trinajstić information content (AvgIpc) is 2.23. The van der Waals surface area contributed by atoms with Crippen molar-refractivity contribution >= 4 is 11.7 Å². The van der Waals surface area contributed by atoms with Crippen molar-refractivity contribution in [1.29, 1.82) is 0 Å². The number of ether oxygens (including phenoxy) is 1. The van der Waals surface area contributed by atoms with E-state index in [-0.39, 0.29) is 5.56 Å². The van der Waals surface area contributed by atoms with Gasteiger partial charge in [0, 0.05) is 18.0 Å². The van der Waals surface area contributed by atoms with Crippen molar-refractivity contribution in [1.82, 2.24) is 4.57 Å². The summed E-state index contributed by atoms with van der Waals surface area (Å²) in [5.74, 6) is -0.440. The van der Waals surface area contributed by atoms with Crippen molar-refractivity contribution in [2.75, 3.05) is 12.8 Å². The fraction of sp³-hybridized carbons (Fsp3) is 0.400. The summed E-state index contributed by atoms with van der Waals surface area (Å²) >= 11 is 0. The van der Waals surface area contributed by atoms with Crippen molar-refractivity contribution < 1.29 is 9.53 Å². The molecule has 0 fully saturated rings. The summed E-state index contributed by atoms with van der Waals surface area (Å²) in [5.41, 5.74) is 5.73. The molecule has 0 spiro atoms. The molecule has 2 N–H and O–H groups in total. The highest BCUT2D eigenvalue weighted by Gasteiger charge is 2.19. The lowest BCUT2D eigenvalue weighted by Gasteiger charge is -2.15. The van der Waals surface area contributed by atoms with Gasteiger partial charge in [0.1, 0.15) is 6.04 Å². The maximum Gasteiger partial charge on any atom is 0.328 e. The minimum atomic E-state index is -0.606. The van der Waals surface area contributed by atoms with Crippen molar-refractivity contribution in [2.24, 2.45) is 0 Å².